The molecule has 0 atom stereocenters. The highest BCUT2D eigenvalue weighted by atomic mass is 32.3. The van der Waals surface area contributed by atoms with Crippen molar-refractivity contribution in [3.63, 3.8) is 0 Å². The average molecular weight is 315 g/mol. The number of hydrogen-bond acceptors (Lipinski definition) is 0. The van der Waals surface area contributed by atoms with Crippen molar-refractivity contribution >= 4 is 20.1 Å². The van der Waals surface area contributed by atoms with Gasteiger partial charge >= 0.3 is 0 Å². The first-order valence-electron chi connectivity index (χ1n) is 7.26. The van der Waals surface area contributed by atoms with Crippen LogP contribution in [0.15, 0.2) is 24.3 Å². The van der Waals surface area contributed by atoms with Gasteiger partial charge in [-0.15, -0.1) is 0 Å². The molecular formula is C18H34S2. The summed E-state index contributed by atoms with van der Waals surface area (Å²) in [5.74, 6) is 0. The fraction of sp³-hybridized carbons (Fsp3) is 0.667. The Hall–Kier alpha value is -0.0800. The summed E-state index contributed by atoms with van der Waals surface area (Å²) < 4.78 is 0.832. The van der Waals surface area contributed by atoms with E-state index in [9.17, 15) is 0 Å². The minimum atomic E-state index is -0.546. The van der Waals surface area contributed by atoms with Crippen LogP contribution in [0.1, 0.15) is 31.9 Å². The Labute approximate surface area is 130 Å². The quantitative estimate of drug-likeness (QED) is 0.713. The van der Waals surface area contributed by atoms with Crippen molar-refractivity contribution in [2.45, 2.75) is 37.2 Å². The van der Waals surface area contributed by atoms with Gasteiger partial charge in [-0.25, -0.2) is 20.1 Å². The fourth-order valence-corrected chi connectivity index (χ4v) is 11.3. The highest BCUT2D eigenvalue weighted by Crippen LogP contribution is 2.60. The Bertz CT molecular complexity index is 428. The Balaban J connectivity index is 3.20. The largest absolute Gasteiger partial charge is 0.239 e. The molecular weight excluding hydrogens is 280 g/mol. The van der Waals surface area contributed by atoms with E-state index in [2.05, 4.69) is 82.6 Å². The van der Waals surface area contributed by atoms with Gasteiger partial charge in [-0.2, -0.15) is 0 Å². The molecule has 0 N–H and O–H groups in total. The van der Waals surface area contributed by atoms with Gasteiger partial charge in [0.25, 0.3) is 0 Å². The van der Waals surface area contributed by atoms with Crippen molar-refractivity contribution in [2.24, 2.45) is 0 Å². The fourth-order valence-electron chi connectivity index (χ4n) is 2.98. The van der Waals surface area contributed by atoms with Crippen LogP contribution in [0.3, 0.4) is 0 Å². The summed E-state index contributed by atoms with van der Waals surface area (Å²) in [6, 6.07) is 9.07. The molecule has 0 aromatic heterocycles. The first kappa shape index (κ1) is 18.0. The van der Waals surface area contributed by atoms with Crippen LogP contribution in [0.25, 0.3) is 0 Å². The smallest absolute Gasteiger partial charge is 0.0220 e. The van der Waals surface area contributed by atoms with Crippen molar-refractivity contribution < 1.29 is 0 Å². The van der Waals surface area contributed by atoms with E-state index >= 15 is 0 Å². The van der Waals surface area contributed by atoms with E-state index in [0.717, 1.165) is 4.58 Å². The maximum atomic E-state index is 2.48. The third kappa shape index (κ3) is 4.73. The van der Waals surface area contributed by atoms with Crippen molar-refractivity contribution in [1.82, 2.24) is 0 Å². The second-order valence-electron chi connectivity index (χ2n) is 8.40. The lowest BCUT2D eigenvalue weighted by atomic mass is 9.83. The third-order valence-corrected chi connectivity index (χ3v) is 10.7. The Morgan fingerprint density at radius 3 is 1.70 bits per heavy atom. The molecule has 0 fully saturated rings. The summed E-state index contributed by atoms with van der Waals surface area (Å²) in [4.78, 5) is 0. The molecule has 1 rings (SSSR count). The zero-order valence-electron chi connectivity index (χ0n) is 14.9. The van der Waals surface area contributed by atoms with Crippen LogP contribution in [-0.4, -0.2) is 42.1 Å². The molecule has 0 nitrogen and oxygen atoms in total. The molecule has 0 heterocycles. The lowest BCUT2D eigenvalue weighted by molar-refractivity contribution is 0.583. The first-order chi connectivity index (χ1) is 8.83. The summed E-state index contributed by atoms with van der Waals surface area (Å²) in [5, 5.41) is 0. The molecule has 118 valence electrons. The van der Waals surface area contributed by atoms with E-state index in [4.69, 9.17) is 0 Å². The highest BCUT2D eigenvalue weighted by Gasteiger charge is 2.30. The maximum Gasteiger partial charge on any atom is 0.0220 e. The highest BCUT2D eigenvalue weighted by molar-refractivity contribution is 8.48. The van der Waals surface area contributed by atoms with Crippen LogP contribution >= 0.6 is 20.1 Å². The first-order valence-corrected chi connectivity index (χ1v) is 13.1. The van der Waals surface area contributed by atoms with Gasteiger partial charge in [0.15, 0.2) is 0 Å². The average Bonchev–Trinajstić information content (AvgIpc) is 2.22. The van der Waals surface area contributed by atoms with E-state index in [-0.39, 0.29) is 5.41 Å². The molecule has 0 amide bonds. The second-order valence-corrected chi connectivity index (χ2v) is 17.6. The molecule has 1 aromatic rings. The summed E-state index contributed by atoms with van der Waals surface area (Å²) in [5.41, 5.74) is 3.33. The molecule has 0 saturated heterocycles. The molecule has 20 heavy (non-hydrogen) atoms. The van der Waals surface area contributed by atoms with Crippen LogP contribution in [0.4, 0.5) is 0 Å². The Kier molecular flexibility index (Phi) is 5.36. The van der Waals surface area contributed by atoms with Crippen LogP contribution in [0.2, 0.25) is 0 Å². The van der Waals surface area contributed by atoms with E-state index in [1.54, 1.807) is 5.56 Å². The molecule has 0 aliphatic heterocycles. The predicted octanol–water partition coefficient (Wildman–Crippen LogP) is 5.24. The normalized spacial score (nSPS) is 15.5. The van der Waals surface area contributed by atoms with E-state index in [1.165, 1.54) is 12.0 Å². The SMILES string of the molecule is CC(C)(C)c1ccccc1CC(S(C)(C)C)S(C)(C)C. The van der Waals surface area contributed by atoms with E-state index < -0.39 is 20.1 Å². The summed E-state index contributed by atoms with van der Waals surface area (Å²) in [6.07, 6.45) is 16.1. The van der Waals surface area contributed by atoms with Crippen molar-refractivity contribution in [2.75, 3.05) is 37.5 Å². The zero-order valence-corrected chi connectivity index (χ0v) is 16.5. The Morgan fingerprint density at radius 1 is 0.850 bits per heavy atom. The van der Waals surface area contributed by atoms with Gasteiger partial charge < -0.3 is 0 Å². The lowest BCUT2D eigenvalue weighted by Gasteiger charge is -2.48. The van der Waals surface area contributed by atoms with Crippen molar-refractivity contribution in [3.05, 3.63) is 35.4 Å². The molecule has 0 radical (unpaired) electrons. The topological polar surface area (TPSA) is 0 Å². The van der Waals surface area contributed by atoms with E-state index in [0.29, 0.717) is 0 Å². The van der Waals surface area contributed by atoms with Crippen LogP contribution < -0.4 is 0 Å². The van der Waals surface area contributed by atoms with Crippen LogP contribution in [0.5, 0.6) is 0 Å². The molecule has 2 heteroatoms. The predicted molar refractivity (Wildman–Crippen MR) is 103 cm³/mol. The van der Waals surface area contributed by atoms with Gasteiger partial charge in [0, 0.05) is 4.58 Å². The molecule has 0 bridgehead atoms. The van der Waals surface area contributed by atoms with Gasteiger partial charge in [-0.3, -0.25) is 0 Å². The molecule has 0 aliphatic carbocycles. The number of hydrogen-bond donors (Lipinski definition) is 0. The minimum Gasteiger partial charge on any atom is -0.239 e. The summed E-state index contributed by atoms with van der Waals surface area (Å²) >= 11 is 0. The van der Waals surface area contributed by atoms with Gasteiger partial charge in [-0.1, -0.05) is 45.0 Å². The third-order valence-electron chi connectivity index (χ3n) is 3.79. The monoisotopic (exact) mass is 314 g/mol. The van der Waals surface area contributed by atoms with Gasteiger partial charge in [0.05, 0.1) is 0 Å². The second kappa shape index (κ2) is 5.96. The van der Waals surface area contributed by atoms with E-state index in [1.807, 2.05) is 0 Å². The molecule has 0 unspecified atom stereocenters. The molecule has 0 spiro atoms. The number of benzene rings is 1. The van der Waals surface area contributed by atoms with Crippen molar-refractivity contribution in [1.29, 1.82) is 0 Å². The molecule has 1 aromatic carbocycles. The van der Waals surface area contributed by atoms with Gasteiger partial charge in [0.1, 0.15) is 0 Å². The zero-order chi connectivity index (χ0) is 15.8. The van der Waals surface area contributed by atoms with Crippen LogP contribution in [-0.2, 0) is 11.8 Å². The van der Waals surface area contributed by atoms with Crippen LogP contribution in [0, 0.1) is 0 Å². The van der Waals surface area contributed by atoms with Gasteiger partial charge in [0.2, 0.25) is 0 Å². The standard InChI is InChI=1S/C18H34S2/c1-18(2,3)16-13-11-10-12-15(16)14-17(19(4,5)6)20(7,8)9/h10-13,17H,14H2,1-9H3. The van der Waals surface area contributed by atoms with Gasteiger partial charge in [-0.05, 0) is 60.5 Å². The maximum absolute atomic E-state index is 2.48. The summed E-state index contributed by atoms with van der Waals surface area (Å²) in [7, 11) is -1.09. The minimum absolute atomic E-state index is 0.238. The molecule has 0 saturated carbocycles. The van der Waals surface area contributed by atoms with Crippen molar-refractivity contribution in [3.8, 4) is 0 Å². The Morgan fingerprint density at radius 2 is 1.30 bits per heavy atom. The summed E-state index contributed by atoms with van der Waals surface area (Å²) in [6.45, 7) is 6.98. The molecule has 0 aliphatic rings. The lowest BCUT2D eigenvalue weighted by Crippen LogP contribution is -2.26. The number of rotatable bonds is 4.